The summed E-state index contributed by atoms with van der Waals surface area (Å²) >= 11 is 0. The lowest BCUT2D eigenvalue weighted by molar-refractivity contribution is -0.117. The standard InChI is InChI=1S/C17H22N2O/c1-12(2)6-5-8-13-10-15(13)17(20)19-16-9-4-3-7-14(16)11-18/h3-4,7,9,12-13,15H,5-6,8,10H2,1-2H3,(H,19,20). The Bertz CT molecular complexity index is 516. The summed E-state index contributed by atoms with van der Waals surface area (Å²) in [4.78, 5) is 12.1. The number of nitriles is 1. The lowest BCUT2D eigenvalue weighted by Crippen LogP contribution is -2.15. The highest BCUT2D eigenvalue weighted by molar-refractivity contribution is 5.95. The lowest BCUT2D eigenvalue weighted by Gasteiger charge is -2.07. The Balaban J connectivity index is 1.81. The van der Waals surface area contributed by atoms with Crippen LogP contribution in [0.25, 0.3) is 0 Å². The number of nitrogens with one attached hydrogen (secondary N) is 1. The topological polar surface area (TPSA) is 52.9 Å². The van der Waals surface area contributed by atoms with E-state index in [9.17, 15) is 4.79 Å². The Labute approximate surface area is 121 Å². The number of para-hydroxylation sites is 1. The van der Waals surface area contributed by atoms with E-state index in [1.807, 2.05) is 6.07 Å². The monoisotopic (exact) mass is 270 g/mol. The van der Waals surface area contributed by atoms with Gasteiger partial charge in [-0.15, -0.1) is 0 Å². The molecule has 3 heteroatoms. The van der Waals surface area contributed by atoms with Gasteiger partial charge in [0.15, 0.2) is 0 Å². The molecule has 2 atom stereocenters. The molecule has 0 bridgehead atoms. The molecule has 1 amide bonds. The molecule has 1 aromatic rings. The smallest absolute Gasteiger partial charge is 0.227 e. The molecule has 3 nitrogen and oxygen atoms in total. The van der Waals surface area contributed by atoms with Crippen molar-refractivity contribution in [2.24, 2.45) is 17.8 Å². The summed E-state index contributed by atoms with van der Waals surface area (Å²) < 4.78 is 0. The van der Waals surface area contributed by atoms with Gasteiger partial charge in [0.2, 0.25) is 5.91 Å². The number of nitrogens with zero attached hydrogens (tertiary/aromatic N) is 1. The van der Waals surface area contributed by atoms with Crippen LogP contribution in [0.3, 0.4) is 0 Å². The van der Waals surface area contributed by atoms with Crippen LogP contribution in [0.5, 0.6) is 0 Å². The normalized spacial score (nSPS) is 20.5. The predicted molar refractivity (Wildman–Crippen MR) is 80.1 cm³/mol. The lowest BCUT2D eigenvalue weighted by atomic mass is 10.0. The highest BCUT2D eigenvalue weighted by Gasteiger charge is 2.42. The zero-order valence-corrected chi connectivity index (χ0v) is 12.2. The zero-order valence-electron chi connectivity index (χ0n) is 12.2. The zero-order chi connectivity index (χ0) is 14.5. The van der Waals surface area contributed by atoms with Gasteiger partial charge in [0, 0.05) is 5.92 Å². The van der Waals surface area contributed by atoms with Crippen LogP contribution in [0.1, 0.15) is 45.1 Å². The first-order valence-electron chi connectivity index (χ1n) is 7.41. The van der Waals surface area contributed by atoms with Gasteiger partial charge in [-0.2, -0.15) is 5.26 Å². The van der Waals surface area contributed by atoms with E-state index in [0.717, 1.165) is 18.8 Å². The number of carbonyl (C=O) groups excluding carboxylic acids is 1. The van der Waals surface area contributed by atoms with E-state index < -0.39 is 0 Å². The molecule has 2 unspecified atom stereocenters. The first kappa shape index (κ1) is 14.6. The van der Waals surface area contributed by atoms with E-state index in [1.54, 1.807) is 18.2 Å². The van der Waals surface area contributed by atoms with Crippen molar-refractivity contribution in [1.82, 2.24) is 0 Å². The second kappa shape index (κ2) is 6.56. The second-order valence-corrected chi connectivity index (χ2v) is 6.07. The van der Waals surface area contributed by atoms with Crippen LogP contribution >= 0.6 is 0 Å². The Kier molecular flexibility index (Phi) is 4.79. The van der Waals surface area contributed by atoms with Crippen molar-refractivity contribution in [1.29, 1.82) is 5.26 Å². The van der Waals surface area contributed by atoms with Gasteiger partial charge < -0.3 is 5.32 Å². The molecule has 0 aromatic heterocycles. The van der Waals surface area contributed by atoms with Gasteiger partial charge in [0.05, 0.1) is 11.3 Å². The number of rotatable bonds is 6. The molecule has 2 rings (SSSR count). The van der Waals surface area contributed by atoms with Crippen molar-refractivity contribution in [3.63, 3.8) is 0 Å². The van der Waals surface area contributed by atoms with Gasteiger partial charge in [-0.25, -0.2) is 0 Å². The summed E-state index contributed by atoms with van der Waals surface area (Å²) in [6.07, 6.45) is 4.60. The average Bonchev–Trinajstić information content (AvgIpc) is 3.18. The molecule has 0 aliphatic heterocycles. The van der Waals surface area contributed by atoms with Crippen molar-refractivity contribution in [2.75, 3.05) is 5.32 Å². The van der Waals surface area contributed by atoms with E-state index in [1.165, 1.54) is 12.8 Å². The molecule has 1 saturated carbocycles. The molecule has 1 aliphatic rings. The summed E-state index contributed by atoms with van der Waals surface area (Å²) in [5, 5.41) is 11.9. The molecule has 106 valence electrons. The quantitative estimate of drug-likeness (QED) is 0.850. The van der Waals surface area contributed by atoms with Crippen LogP contribution in [0.4, 0.5) is 5.69 Å². The highest BCUT2D eigenvalue weighted by Crippen LogP contribution is 2.43. The first-order valence-corrected chi connectivity index (χ1v) is 7.41. The number of hydrogen-bond acceptors (Lipinski definition) is 2. The summed E-state index contributed by atoms with van der Waals surface area (Å²) in [6, 6.07) is 9.26. The summed E-state index contributed by atoms with van der Waals surface area (Å²) in [5.41, 5.74) is 1.16. The molecule has 1 aliphatic carbocycles. The fourth-order valence-electron chi connectivity index (χ4n) is 2.59. The van der Waals surface area contributed by atoms with Crippen LogP contribution in [-0.2, 0) is 4.79 Å². The van der Waals surface area contributed by atoms with Crippen LogP contribution in [-0.4, -0.2) is 5.91 Å². The van der Waals surface area contributed by atoms with E-state index in [2.05, 4.69) is 25.2 Å². The molecule has 1 fully saturated rings. The molecular weight excluding hydrogens is 248 g/mol. The number of carbonyl (C=O) groups is 1. The van der Waals surface area contributed by atoms with Crippen molar-refractivity contribution >= 4 is 11.6 Å². The Morgan fingerprint density at radius 3 is 2.90 bits per heavy atom. The summed E-state index contributed by atoms with van der Waals surface area (Å²) in [6.45, 7) is 4.46. The maximum atomic E-state index is 12.1. The van der Waals surface area contributed by atoms with Gasteiger partial charge in [-0.3, -0.25) is 4.79 Å². The number of amides is 1. The third kappa shape index (κ3) is 3.84. The average molecular weight is 270 g/mol. The van der Waals surface area contributed by atoms with Gasteiger partial charge >= 0.3 is 0 Å². The minimum absolute atomic E-state index is 0.0715. The first-order chi connectivity index (χ1) is 9.61. The Hall–Kier alpha value is -1.82. The van der Waals surface area contributed by atoms with Crippen LogP contribution in [0.15, 0.2) is 24.3 Å². The SMILES string of the molecule is CC(C)CCCC1CC1C(=O)Nc1ccccc1C#N. The Morgan fingerprint density at radius 2 is 2.20 bits per heavy atom. The number of anilines is 1. The minimum Gasteiger partial charge on any atom is -0.325 e. The third-order valence-electron chi connectivity index (χ3n) is 3.92. The van der Waals surface area contributed by atoms with Crippen molar-refractivity contribution in [3.8, 4) is 6.07 Å². The minimum atomic E-state index is 0.0715. The third-order valence-corrected chi connectivity index (χ3v) is 3.92. The van der Waals surface area contributed by atoms with Gasteiger partial charge in [0.1, 0.15) is 6.07 Å². The molecule has 0 saturated heterocycles. The molecule has 0 radical (unpaired) electrons. The van der Waals surface area contributed by atoms with E-state index in [0.29, 0.717) is 17.2 Å². The Morgan fingerprint density at radius 1 is 1.45 bits per heavy atom. The largest absolute Gasteiger partial charge is 0.325 e. The molecule has 0 heterocycles. The molecule has 0 spiro atoms. The fourth-order valence-corrected chi connectivity index (χ4v) is 2.59. The fraction of sp³-hybridized carbons (Fsp3) is 0.529. The number of hydrogen-bond donors (Lipinski definition) is 1. The summed E-state index contributed by atoms with van der Waals surface area (Å²) in [7, 11) is 0. The molecule has 1 aromatic carbocycles. The summed E-state index contributed by atoms with van der Waals surface area (Å²) in [5.74, 6) is 1.50. The number of benzene rings is 1. The van der Waals surface area contributed by atoms with Crippen molar-refractivity contribution in [2.45, 2.75) is 39.5 Å². The second-order valence-electron chi connectivity index (χ2n) is 6.07. The maximum Gasteiger partial charge on any atom is 0.227 e. The van der Waals surface area contributed by atoms with Crippen molar-refractivity contribution in [3.05, 3.63) is 29.8 Å². The van der Waals surface area contributed by atoms with Gasteiger partial charge in [-0.1, -0.05) is 38.8 Å². The maximum absolute atomic E-state index is 12.1. The van der Waals surface area contributed by atoms with Crippen LogP contribution in [0.2, 0.25) is 0 Å². The van der Waals surface area contributed by atoms with E-state index in [-0.39, 0.29) is 11.8 Å². The molecule has 1 N–H and O–H groups in total. The van der Waals surface area contributed by atoms with Crippen molar-refractivity contribution < 1.29 is 4.79 Å². The van der Waals surface area contributed by atoms with Crippen LogP contribution < -0.4 is 5.32 Å². The van der Waals surface area contributed by atoms with E-state index in [4.69, 9.17) is 5.26 Å². The predicted octanol–water partition coefficient (Wildman–Crippen LogP) is 3.96. The highest BCUT2D eigenvalue weighted by atomic mass is 16.2. The molecule has 20 heavy (non-hydrogen) atoms. The van der Waals surface area contributed by atoms with E-state index >= 15 is 0 Å². The van der Waals surface area contributed by atoms with Crippen LogP contribution in [0, 0.1) is 29.1 Å². The van der Waals surface area contributed by atoms with Gasteiger partial charge in [-0.05, 0) is 36.8 Å². The van der Waals surface area contributed by atoms with Gasteiger partial charge in [0.25, 0.3) is 0 Å². The molecular formula is C17H22N2O.